The van der Waals surface area contributed by atoms with E-state index in [0.717, 1.165) is 31.3 Å². The van der Waals surface area contributed by atoms with Crippen LogP contribution in [-0.2, 0) is 4.79 Å². The lowest BCUT2D eigenvalue weighted by Crippen LogP contribution is -2.03. The van der Waals surface area contributed by atoms with Crippen LogP contribution >= 0.6 is 31.9 Å². The van der Waals surface area contributed by atoms with E-state index in [1.54, 1.807) is 12.1 Å². The average Bonchev–Trinajstić information content (AvgIpc) is 2.83. The summed E-state index contributed by atoms with van der Waals surface area (Å²) in [6.45, 7) is 1.97. The molecule has 1 aliphatic rings. The van der Waals surface area contributed by atoms with E-state index < -0.39 is 0 Å². The van der Waals surface area contributed by atoms with E-state index in [9.17, 15) is 4.79 Å². The summed E-state index contributed by atoms with van der Waals surface area (Å²) >= 11 is 7.00. The molecule has 1 aliphatic heterocycles. The first-order valence-electron chi connectivity index (χ1n) is 6.53. The van der Waals surface area contributed by atoms with E-state index in [-0.39, 0.29) is 5.91 Å². The molecule has 2 aromatic rings. The highest BCUT2D eigenvalue weighted by Crippen LogP contribution is 2.43. The normalized spacial score (nSPS) is 14.6. The summed E-state index contributed by atoms with van der Waals surface area (Å²) < 4.78 is 1.79. The largest absolute Gasteiger partial charge is 0.320 e. The smallest absolute Gasteiger partial charge is 0.256 e. The van der Waals surface area contributed by atoms with Crippen molar-refractivity contribution < 1.29 is 4.79 Å². The summed E-state index contributed by atoms with van der Waals surface area (Å²) in [6, 6.07) is 11.2. The fourth-order valence-corrected chi connectivity index (χ4v) is 3.69. The molecular weight excluding hydrogens is 408 g/mol. The predicted octanol–water partition coefficient (Wildman–Crippen LogP) is 4.88. The molecule has 0 atom stereocenters. The van der Waals surface area contributed by atoms with Gasteiger partial charge in [0.15, 0.2) is 0 Å². The third-order valence-corrected chi connectivity index (χ3v) is 5.03. The minimum absolute atomic E-state index is 0.124. The Bertz CT molecular complexity index is 862. The lowest BCUT2D eigenvalue weighted by molar-refractivity contribution is -0.110. The van der Waals surface area contributed by atoms with Crippen LogP contribution in [-0.4, -0.2) is 5.91 Å². The number of amides is 1. The van der Waals surface area contributed by atoms with Gasteiger partial charge >= 0.3 is 0 Å². The van der Waals surface area contributed by atoms with E-state index >= 15 is 0 Å². The van der Waals surface area contributed by atoms with Crippen molar-refractivity contribution in [2.24, 2.45) is 0 Å². The molecule has 22 heavy (non-hydrogen) atoms. The molecule has 0 fully saturated rings. The second kappa shape index (κ2) is 5.71. The molecule has 1 N–H and O–H groups in total. The van der Waals surface area contributed by atoms with Crippen LogP contribution in [0.3, 0.4) is 0 Å². The van der Waals surface area contributed by atoms with Gasteiger partial charge in [-0.25, -0.2) is 0 Å². The van der Waals surface area contributed by atoms with Crippen molar-refractivity contribution in [3.63, 3.8) is 0 Å². The van der Waals surface area contributed by atoms with Crippen LogP contribution in [0.25, 0.3) is 11.6 Å². The molecule has 108 valence electrons. The van der Waals surface area contributed by atoms with Crippen molar-refractivity contribution in [2.75, 3.05) is 5.32 Å². The average molecular weight is 418 g/mol. The van der Waals surface area contributed by atoms with Gasteiger partial charge in [-0.05, 0) is 58.3 Å². The van der Waals surface area contributed by atoms with Crippen LogP contribution in [0.4, 0.5) is 5.69 Å². The maximum Gasteiger partial charge on any atom is 0.256 e. The molecule has 0 unspecified atom stereocenters. The molecule has 0 bridgehead atoms. The molecule has 0 aliphatic carbocycles. The zero-order valence-corrected chi connectivity index (χ0v) is 14.7. The minimum Gasteiger partial charge on any atom is -0.320 e. The Hall–Kier alpha value is -1.90. The van der Waals surface area contributed by atoms with E-state index in [1.807, 2.05) is 31.2 Å². The topological polar surface area (TPSA) is 52.9 Å². The van der Waals surface area contributed by atoms with E-state index in [4.69, 9.17) is 5.26 Å². The molecule has 3 nitrogen and oxygen atoms in total. The number of carbonyl (C=O) groups excluding carboxylic acids is 1. The molecule has 0 radical (unpaired) electrons. The number of carbonyl (C=O) groups is 1. The lowest BCUT2D eigenvalue weighted by atomic mass is 9.99. The van der Waals surface area contributed by atoms with Gasteiger partial charge in [-0.2, -0.15) is 5.26 Å². The quantitative estimate of drug-likeness (QED) is 0.672. The van der Waals surface area contributed by atoms with Crippen LogP contribution in [0.15, 0.2) is 39.3 Å². The van der Waals surface area contributed by atoms with Crippen LogP contribution in [0.1, 0.15) is 22.3 Å². The fourth-order valence-electron chi connectivity index (χ4n) is 2.43. The first-order chi connectivity index (χ1) is 10.5. The highest BCUT2D eigenvalue weighted by molar-refractivity contribution is 9.11. The summed E-state index contributed by atoms with van der Waals surface area (Å²) in [5.74, 6) is -0.124. The lowest BCUT2D eigenvalue weighted by Gasteiger charge is -2.08. The van der Waals surface area contributed by atoms with Crippen molar-refractivity contribution in [1.29, 1.82) is 5.26 Å². The zero-order chi connectivity index (χ0) is 15.9. The minimum atomic E-state index is -0.124. The maximum atomic E-state index is 12.3. The number of halogens is 2. The number of benzene rings is 2. The summed E-state index contributed by atoms with van der Waals surface area (Å²) in [5.41, 5.74) is 4.81. The highest BCUT2D eigenvalue weighted by Gasteiger charge is 2.28. The van der Waals surface area contributed by atoms with Gasteiger partial charge in [-0.3, -0.25) is 4.79 Å². The van der Waals surface area contributed by atoms with Gasteiger partial charge in [0.1, 0.15) is 0 Å². The molecule has 1 heterocycles. The summed E-state index contributed by atoms with van der Waals surface area (Å²) in [6.07, 6.45) is 1.84. The number of rotatable bonds is 1. The number of nitriles is 1. The van der Waals surface area contributed by atoms with Gasteiger partial charge in [0.05, 0.1) is 17.3 Å². The van der Waals surface area contributed by atoms with Crippen LogP contribution in [0, 0.1) is 18.3 Å². The van der Waals surface area contributed by atoms with Crippen molar-refractivity contribution in [3.05, 3.63) is 61.5 Å². The molecule has 0 aromatic heterocycles. The van der Waals surface area contributed by atoms with Crippen LogP contribution in [0.5, 0.6) is 0 Å². The fraction of sp³-hybridized carbons (Fsp3) is 0.0588. The van der Waals surface area contributed by atoms with Crippen LogP contribution in [0.2, 0.25) is 0 Å². The molecule has 2 aromatic carbocycles. The van der Waals surface area contributed by atoms with E-state index in [2.05, 4.69) is 43.2 Å². The van der Waals surface area contributed by atoms with E-state index in [0.29, 0.717) is 11.1 Å². The van der Waals surface area contributed by atoms with Gasteiger partial charge in [-0.1, -0.05) is 28.1 Å². The third kappa shape index (κ3) is 2.49. The number of nitrogens with one attached hydrogen (secondary N) is 1. The standard InChI is InChI=1S/C17H10Br2N2O/c1-9-13(18)7-14(19)16-15(9)12(17(22)21-16)6-10-2-4-11(8-20)5-3-10/h2-7H,1H3,(H,21,22). The second-order valence-corrected chi connectivity index (χ2v) is 6.67. The Morgan fingerprint density at radius 1 is 1.18 bits per heavy atom. The second-order valence-electron chi connectivity index (χ2n) is 4.96. The number of hydrogen-bond donors (Lipinski definition) is 1. The summed E-state index contributed by atoms with van der Waals surface area (Å²) in [5, 5.41) is 11.7. The molecule has 0 spiro atoms. The maximum absolute atomic E-state index is 12.3. The third-order valence-electron chi connectivity index (χ3n) is 3.58. The molecule has 0 saturated heterocycles. The van der Waals surface area contributed by atoms with Gasteiger partial charge in [0, 0.05) is 20.1 Å². The van der Waals surface area contributed by atoms with Gasteiger partial charge in [0.2, 0.25) is 0 Å². The highest BCUT2D eigenvalue weighted by atomic mass is 79.9. The first-order valence-corrected chi connectivity index (χ1v) is 8.12. The summed E-state index contributed by atoms with van der Waals surface area (Å²) in [7, 11) is 0. The number of nitrogens with zero attached hydrogens (tertiary/aromatic N) is 1. The molecule has 5 heteroatoms. The number of anilines is 1. The summed E-state index contributed by atoms with van der Waals surface area (Å²) in [4.78, 5) is 12.3. The van der Waals surface area contributed by atoms with E-state index in [1.165, 1.54) is 0 Å². The molecule has 3 rings (SSSR count). The SMILES string of the molecule is Cc1c(Br)cc(Br)c2c1C(=Cc1ccc(C#N)cc1)C(=O)N2. The Kier molecular flexibility index (Phi) is 3.90. The number of fused-ring (bicyclic) bond motifs is 1. The monoisotopic (exact) mass is 416 g/mol. The molecule has 0 saturated carbocycles. The van der Waals surface area contributed by atoms with Crippen molar-refractivity contribution in [1.82, 2.24) is 0 Å². The van der Waals surface area contributed by atoms with Gasteiger partial charge in [-0.15, -0.1) is 0 Å². The Morgan fingerprint density at radius 3 is 2.50 bits per heavy atom. The van der Waals surface area contributed by atoms with Gasteiger partial charge in [0.25, 0.3) is 5.91 Å². The Labute approximate surface area is 144 Å². The van der Waals surface area contributed by atoms with Crippen molar-refractivity contribution >= 4 is 55.1 Å². The zero-order valence-electron chi connectivity index (χ0n) is 11.6. The predicted molar refractivity (Wildman–Crippen MR) is 94.2 cm³/mol. The van der Waals surface area contributed by atoms with Gasteiger partial charge < -0.3 is 5.32 Å². The Morgan fingerprint density at radius 2 is 1.86 bits per heavy atom. The molecular formula is C17H10Br2N2O. The van der Waals surface area contributed by atoms with Crippen molar-refractivity contribution in [3.8, 4) is 6.07 Å². The number of hydrogen-bond acceptors (Lipinski definition) is 2. The van der Waals surface area contributed by atoms with Crippen LogP contribution < -0.4 is 5.32 Å². The Balaban J connectivity index is 2.16. The first kappa shape index (κ1) is 15.0. The van der Waals surface area contributed by atoms with Crippen molar-refractivity contribution in [2.45, 2.75) is 6.92 Å². The molecule has 1 amide bonds.